The summed E-state index contributed by atoms with van der Waals surface area (Å²) in [7, 11) is 0. The number of hydrogen-bond donors (Lipinski definition) is 0. The Morgan fingerprint density at radius 3 is 2.29 bits per heavy atom. The summed E-state index contributed by atoms with van der Waals surface area (Å²) in [6.07, 6.45) is 9.63. The Bertz CT molecular complexity index is 268. The highest BCUT2D eigenvalue weighted by atomic mass is 16.5. The molecule has 0 amide bonds. The van der Waals surface area contributed by atoms with Crippen LogP contribution in [0.1, 0.15) is 58.8 Å². The van der Waals surface area contributed by atoms with E-state index in [1.807, 2.05) is 30.3 Å². The molecule has 0 saturated carbocycles. The van der Waals surface area contributed by atoms with Gasteiger partial charge < -0.3 is 4.74 Å². The van der Waals surface area contributed by atoms with E-state index >= 15 is 0 Å². The van der Waals surface area contributed by atoms with E-state index in [1.165, 1.54) is 44.9 Å². The Balaban J connectivity index is 2.03. The lowest BCUT2D eigenvalue weighted by atomic mass is 10.1. The van der Waals surface area contributed by atoms with Gasteiger partial charge in [0.15, 0.2) is 0 Å². The van der Waals surface area contributed by atoms with Gasteiger partial charge in [-0.3, -0.25) is 0 Å². The zero-order valence-corrected chi connectivity index (χ0v) is 11.3. The van der Waals surface area contributed by atoms with Crippen LogP contribution in [0.25, 0.3) is 0 Å². The number of unbranched alkanes of at least 4 members (excludes halogenated alkanes) is 5. The second-order valence-corrected chi connectivity index (χ2v) is 4.80. The summed E-state index contributed by atoms with van der Waals surface area (Å²) in [4.78, 5) is 0. The third kappa shape index (κ3) is 7.04. The molecule has 0 saturated heterocycles. The standard InChI is InChI=1S/C16H26O/c1-3-4-5-6-7-9-12-15(2)17-16-13-10-8-11-14-16/h8,10-11,13-15H,3-7,9,12H2,1-2H3. The molecule has 0 fully saturated rings. The maximum atomic E-state index is 5.84. The summed E-state index contributed by atoms with van der Waals surface area (Å²) >= 11 is 0. The van der Waals surface area contributed by atoms with Gasteiger partial charge in [0.05, 0.1) is 6.10 Å². The average Bonchev–Trinajstić information content (AvgIpc) is 2.35. The van der Waals surface area contributed by atoms with Crippen LogP contribution < -0.4 is 4.74 Å². The summed E-state index contributed by atoms with van der Waals surface area (Å²) in [5.41, 5.74) is 0. The fraction of sp³-hybridized carbons (Fsp3) is 0.625. The summed E-state index contributed by atoms with van der Waals surface area (Å²) < 4.78 is 5.84. The number of rotatable bonds is 9. The summed E-state index contributed by atoms with van der Waals surface area (Å²) in [6, 6.07) is 10.1. The number of hydrogen-bond acceptors (Lipinski definition) is 1. The molecule has 1 aromatic carbocycles. The first kappa shape index (κ1) is 14.1. The predicted molar refractivity (Wildman–Crippen MR) is 74.5 cm³/mol. The highest BCUT2D eigenvalue weighted by Crippen LogP contribution is 2.15. The van der Waals surface area contributed by atoms with E-state index in [4.69, 9.17) is 4.74 Å². The van der Waals surface area contributed by atoms with Crippen LogP contribution in [0.2, 0.25) is 0 Å². The fourth-order valence-electron chi connectivity index (χ4n) is 2.00. The highest BCUT2D eigenvalue weighted by molar-refractivity contribution is 5.21. The van der Waals surface area contributed by atoms with Crippen LogP contribution in [0.3, 0.4) is 0 Å². The minimum absolute atomic E-state index is 0.337. The molecule has 0 heterocycles. The minimum Gasteiger partial charge on any atom is -0.491 e. The molecule has 1 rings (SSSR count). The van der Waals surface area contributed by atoms with E-state index in [0.29, 0.717) is 6.10 Å². The molecular formula is C16H26O. The van der Waals surface area contributed by atoms with E-state index in [0.717, 1.165) is 5.75 Å². The van der Waals surface area contributed by atoms with Gasteiger partial charge in [0.1, 0.15) is 5.75 Å². The van der Waals surface area contributed by atoms with Crippen molar-refractivity contribution in [2.75, 3.05) is 0 Å². The van der Waals surface area contributed by atoms with Gasteiger partial charge in [-0.05, 0) is 31.9 Å². The van der Waals surface area contributed by atoms with Gasteiger partial charge in [-0.25, -0.2) is 0 Å². The largest absolute Gasteiger partial charge is 0.491 e. The molecule has 1 aromatic rings. The van der Waals surface area contributed by atoms with Crippen molar-refractivity contribution in [1.82, 2.24) is 0 Å². The lowest BCUT2D eigenvalue weighted by Crippen LogP contribution is -2.11. The zero-order chi connectivity index (χ0) is 12.3. The lowest BCUT2D eigenvalue weighted by molar-refractivity contribution is 0.206. The van der Waals surface area contributed by atoms with Crippen LogP contribution in [-0.4, -0.2) is 6.10 Å². The molecule has 0 aliphatic heterocycles. The second kappa shape index (κ2) is 9.09. The van der Waals surface area contributed by atoms with Crippen molar-refractivity contribution >= 4 is 0 Å². The molecule has 1 heteroatoms. The number of para-hydroxylation sites is 1. The summed E-state index contributed by atoms with van der Waals surface area (Å²) in [6.45, 7) is 4.43. The first-order valence-corrected chi connectivity index (χ1v) is 7.04. The molecule has 96 valence electrons. The predicted octanol–water partition coefficient (Wildman–Crippen LogP) is 5.20. The van der Waals surface area contributed by atoms with E-state index in [9.17, 15) is 0 Å². The van der Waals surface area contributed by atoms with Crippen molar-refractivity contribution in [2.24, 2.45) is 0 Å². The monoisotopic (exact) mass is 234 g/mol. The lowest BCUT2D eigenvalue weighted by Gasteiger charge is -2.14. The molecule has 0 radical (unpaired) electrons. The van der Waals surface area contributed by atoms with Crippen LogP contribution in [0, 0.1) is 0 Å². The van der Waals surface area contributed by atoms with Crippen molar-refractivity contribution in [2.45, 2.75) is 64.9 Å². The van der Waals surface area contributed by atoms with Gasteiger partial charge >= 0.3 is 0 Å². The van der Waals surface area contributed by atoms with Gasteiger partial charge in [-0.15, -0.1) is 0 Å². The molecule has 1 unspecified atom stereocenters. The van der Waals surface area contributed by atoms with E-state index < -0.39 is 0 Å². The van der Waals surface area contributed by atoms with Crippen LogP contribution >= 0.6 is 0 Å². The van der Waals surface area contributed by atoms with Gasteiger partial charge in [0.2, 0.25) is 0 Å². The average molecular weight is 234 g/mol. The van der Waals surface area contributed by atoms with E-state index in [2.05, 4.69) is 13.8 Å². The van der Waals surface area contributed by atoms with Crippen LogP contribution in [0.4, 0.5) is 0 Å². The van der Waals surface area contributed by atoms with E-state index in [1.54, 1.807) is 0 Å². The third-order valence-electron chi connectivity index (χ3n) is 3.04. The normalized spacial score (nSPS) is 12.4. The molecule has 0 aliphatic carbocycles. The minimum atomic E-state index is 0.337. The van der Waals surface area contributed by atoms with Gasteiger partial charge in [0, 0.05) is 0 Å². The molecule has 0 aromatic heterocycles. The van der Waals surface area contributed by atoms with Crippen LogP contribution in [0.5, 0.6) is 5.75 Å². The van der Waals surface area contributed by atoms with Crippen LogP contribution in [0.15, 0.2) is 30.3 Å². The molecule has 1 atom stereocenters. The van der Waals surface area contributed by atoms with E-state index in [-0.39, 0.29) is 0 Å². The van der Waals surface area contributed by atoms with Crippen molar-refractivity contribution in [1.29, 1.82) is 0 Å². The smallest absolute Gasteiger partial charge is 0.119 e. The maximum absolute atomic E-state index is 5.84. The first-order valence-electron chi connectivity index (χ1n) is 7.04. The van der Waals surface area contributed by atoms with Crippen molar-refractivity contribution in [3.05, 3.63) is 30.3 Å². The van der Waals surface area contributed by atoms with Gasteiger partial charge in [-0.2, -0.15) is 0 Å². The summed E-state index contributed by atoms with van der Waals surface area (Å²) in [5, 5.41) is 0. The van der Waals surface area contributed by atoms with Gasteiger partial charge in [0.25, 0.3) is 0 Å². The topological polar surface area (TPSA) is 9.23 Å². The Morgan fingerprint density at radius 2 is 1.59 bits per heavy atom. The molecule has 17 heavy (non-hydrogen) atoms. The van der Waals surface area contributed by atoms with Crippen molar-refractivity contribution in [3.8, 4) is 5.75 Å². The van der Waals surface area contributed by atoms with Gasteiger partial charge in [-0.1, -0.05) is 57.2 Å². The molecular weight excluding hydrogens is 208 g/mol. The van der Waals surface area contributed by atoms with Crippen molar-refractivity contribution in [3.63, 3.8) is 0 Å². The molecule has 0 N–H and O–H groups in total. The molecule has 1 nitrogen and oxygen atoms in total. The number of ether oxygens (including phenoxy) is 1. The Morgan fingerprint density at radius 1 is 0.941 bits per heavy atom. The summed E-state index contributed by atoms with van der Waals surface area (Å²) in [5.74, 6) is 0.992. The Kier molecular flexibility index (Phi) is 7.53. The molecule has 0 aliphatic rings. The fourth-order valence-corrected chi connectivity index (χ4v) is 2.00. The van der Waals surface area contributed by atoms with Crippen molar-refractivity contribution < 1.29 is 4.74 Å². The zero-order valence-electron chi connectivity index (χ0n) is 11.3. The Labute approximate surface area is 106 Å². The Hall–Kier alpha value is -0.980. The highest BCUT2D eigenvalue weighted by Gasteiger charge is 2.03. The first-order chi connectivity index (χ1) is 8.33. The molecule has 0 spiro atoms. The second-order valence-electron chi connectivity index (χ2n) is 4.80. The number of benzene rings is 1. The SMILES string of the molecule is CCCCCCCCC(C)Oc1ccccc1. The third-order valence-corrected chi connectivity index (χ3v) is 3.04. The molecule has 0 bridgehead atoms. The maximum Gasteiger partial charge on any atom is 0.119 e. The van der Waals surface area contributed by atoms with Crippen LogP contribution in [-0.2, 0) is 0 Å². The quantitative estimate of drug-likeness (QED) is 0.533.